The number of hydrogen-bond acceptors (Lipinski definition) is 18. The second-order valence-electron chi connectivity index (χ2n) is 23.0. The number of aryl methyl sites for hydroxylation is 1. The van der Waals surface area contributed by atoms with E-state index in [1.165, 1.54) is 66.7 Å². The van der Waals surface area contributed by atoms with Gasteiger partial charge in [0.05, 0.1) is 24.1 Å². The fraction of sp³-hybridized carbons (Fsp3) is 0.460. The third-order valence-corrected chi connectivity index (χ3v) is 17.7. The Kier molecular flexibility index (Phi) is 20.7. The molecule has 24 nitrogen and oxygen atoms in total. The number of nitrogens with one attached hydrogen (secondary N) is 2. The summed E-state index contributed by atoms with van der Waals surface area (Å²) in [5.74, 6) is 2.96. The molecule has 4 aliphatic heterocycles. The van der Waals surface area contributed by atoms with Gasteiger partial charge in [0, 0.05) is 67.8 Å². The Morgan fingerprint density at radius 2 is 1.57 bits per heavy atom. The molecule has 0 aliphatic carbocycles. The molecule has 1 aromatic heterocycles. The Morgan fingerprint density at radius 3 is 2.28 bits per heavy atom. The molecule has 7 amide bonds. The van der Waals surface area contributed by atoms with Crippen molar-refractivity contribution < 1.29 is 89.0 Å². The number of fused-ring (bicyclic) bond motifs is 4. The van der Waals surface area contributed by atoms with Crippen LogP contribution >= 0.6 is 7.60 Å². The number of rotatable bonds is 21. The highest BCUT2D eigenvalue weighted by Gasteiger charge is 2.56. The molecule has 0 saturated carbocycles. The van der Waals surface area contributed by atoms with Crippen LogP contribution in [0.1, 0.15) is 145 Å². The number of carbonyl (C=O) groups excluding carboxylic acids is 9. The van der Waals surface area contributed by atoms with Crippen molar-refractivity contribution in [1.82, 2.24) is 35.4 Å². The number of carbonyl (C=O) groups is 9. The summed E-state index contributed by atoms with van der Waals surface area (Å²) in [6, 6.07) is 14.1. The highest BCUT2D eigenvalue weighted by Crippen LogP contribution is 2.67. The zero-order chi connectivity index (χ0) is 64.6. The van der Waals surface area contributed by atoms with Crippen LogP contribution in [0.3, 0.4) is 0 Å². The number of unbranched alkanes of at least 4 members (excludes halogenated alkanes) is 4. The molecule has 3 saturated heterocycles. The predicted octanol–water partition coefficient (Wildman–Crippen LogP) is 8.83. The molecule has 5 aromatic rings. The number of ether oxygens (including phenoxy) is 4. The third-order valence-electron chi connectivity index (χ3n) is 15.9. The maximum atomic E-state index is 16.6. The van der Waals surface area contributed by atoms with Gasteiger partial charge < -0.3 is 48.4 Å². The van der Waals surface area contributed by atoms with Gasteiger partial charge >= 0.3 is 25.6 Å². The maximum Gasteiger partial charge on any atom is 0.510 e. The molecule has 5 heterocycles. The van der Waals surface area contributed by atoms with Crippen molar-refractivity contribution in [3.05, 3.63) is 112 Å². The lowest BCUT2D eigenvalue weighted by atomic mass is 10.0. The van der Waals surface area contributed by atoms with Gasteiger partial charge in [-0.25, -0.2) is 9.59 Å². The molecule has 4 atom stereocenters. The smallest absolute Gasteiger partial charge is 0.432 e. The van der Waals surface area contributed by atoms with Crippen molar-refractivity contribution in [3.63, 3.8) is 0 Å². The summed E-state index contributed by atoms with van der Waals surface area (Å²) in [6.07, 6.45) is 1.02. The van der Waals surface area contributed by atoms with E-state index in [4.69, 9.17) is 32.5 Å². The highest BCUT2D eigenvalue weighted by molar-refractivity contribution is 7.54. The number of piperidine rings is 1. The zero-order valence-electron chi connectivity index (χ0n) is 50.6. The molecule has 478 valence electrons. The van der Waals surface area contributed by atoms with Gasteiger partial charge in [0.15, 0.2) is 11.3 Å². The number of imide groups is 1. The molecule has 0 bridgehead atoms. The summed E-state index contributed by atoms with van der Waals surface area (Å²) < 4.78 is 81.7. The molecule has 4 aliphatic rings. The second kappa shape index (κ2) is 28.4. The van der Waals surface area contributed by atoms with Gasteiger partial charge in [0.1, 0.15) is 18.1 Å². The summed E-state index contributed by atoms with van der Waals surface area (Å²) in [6.45, 7) is 5.49. The molecular weight excluding hydrogens is 1200 g/mol. The van der Waals surface area contributed by atoms with Crippen LogP contribution in [0.25, 0.3) is 21.7 Å². The van der Waals surface area contributed by atoms with E-state index in [9.17, 15) is 42.9 Å². The Labute approximate surface area is 517 Å². The van der Waals surface area contributed by atoms with Gasteiger partial charge in [0.2, 0.25) is 37.2 Å². The minimum atomic E-state index is -5.79. The lowest BCUT2D eigenvalue weighted by molar-refractivity contribution is -0.146. The van der Waals surface area contributed by atoms with E-state index in [-0.39, 0.29) is 66.8 Å². The monoisotopic (exact) mass is 1270 g/mol. The number of benzene rings is 4. The SMILES string of the molecule is Cc1ccc2onc(C(=O)N3CC[C@H]4CC[C@@H](C(=O)N(C)CCCCCCC#Cc5cccc6c5CN(C5CCC(=O)NC5=O)C6=O)N4C(=O)[C@@H](NC(=O)c4ccc5ccc(C(F)(F)P(=O)(OCOC(=O)OC(C)C)OCOC(=O)OC(C)C)cc5c4)C3)c2c1. The highest BCUT2D eigenvalue weighted by atomic mass is 31.2. The van der Waals surface area contributed by atoms with E-state index in [1.54, 1.807) is 42.3 Å². The summed E-state index contributed by atoms with van der Waals surface area (Å²) in [5, 5.41) is 9.99. The Morgan fingerprint density at radius 1 is 0.856 bits per heavy atom. The molecule has 90 heavy (non-hydrogen) atoms. The van der Waals surface area contributed by atoms with Crippen LogP contribution in [0.4, 0.5) is 18.4 Å². The normalized spacial score (nSPS) is 18.6. The van der Waals surface area contributed by atoms with Crippen LogP contribution in [0.15, 0.2) is 77.3 Å². The van der Waals surface area contributed by atoms with Crippen molar-refractivity contribution >= 4 is 83.0 Å². The average molecular weight is 1270 g/mol. The molecule has 4 aromatic carbocycles. The third kappa shape index (κ3) is 14.9. The van der Waals surface area contributed by atoms with E-state index < -0.39 is 105 Å². The van der Waals surface area contributed by atoms with Crippen molar-refractivity contribution in [1.29, 1.82) is 0 Å². The van der Waals surface area contributed by atoms with E-state index >= 15 is 13.6 Å². The maximum absolute atomic E-state index is 16.6. The largest absolute Gasteiger partial charge is 0.510 e. The van der Waals surface area contributed by atoms with Crippen LogP contribution < -0.4 is 10.6 Å². The van der Waals surface area contributed by atoms with Crippen LogP contribution in [-0.2, 0) is 63.9 Å². The number of hydrogen-bond donors (Lipinski definition) is 2. The van der Waals surface area contributed by atoms with E-state index in [2.05, 4.69) is 27.6 Å². The summed E-state index contributed by atoms with van der Waals surface area (Å²) in [4.78, 5) is 126. The Bertz CT molecular complexity index is 3700. The number of amides is 7. The molecule has 9 rings (SSSR count). The second-order valence-corrected chi connectivity index (χ2v) is 25.1. The van der Waals surface area contributed by atoms with E-state index in [0.717, 1.165) is 42.5 Å². The molecule has 3 fully saturated rings. The fourth-order valence-corrected chi connectivity index (χ4v) is 12.6. The Hall–Kier alpha value is -8.79. The van der Waals surface area contributed by atoms with Crippen LogP contribution in [0.5, 0.6) is 0 Å². The van der Waals surface area contributed by atoms with E-state index in [1.807, 2.05) is 13.0 Å². The minimum Gasteiger partial charge on any atom is -0.432 e. The van der Waals surface area contributed by atoms with Gasteiger partial charge in [-0.15, -0.1) is 0 Å². The lowest BCUT2D eigenvalue weighted by Crippen LogP contribution is -2.61. The quantitative estimate of drug-likeness (QED) is 0.0173. The number of aromatic nitrogens is 1. The van der Waals surface area contributed by atoms with Crippen molar-refractivity contribution in [2.45, 2.75) is 147 Å². The molecule has 0 radical (unpaired) electrons. The average Bonchev–Trinajstić information content (AvgIpc) is 2.45. The van der Waals surface area contributed by atoms with Gasteiger partial charge in [-0.1, -0.05) is 65.7 Å². The zero-order valence-corrected chi connectivity index (χ0v) is 51.5. The van der Waals surface area contributed by atoms with Crippen molar-refractivity contribution in [2.24, 2.45) is 0 Å². The summed E-state index contributed by atoms with van der Waals surface area (Å²) >= 11 is 0. The van der Waals surface area contributed by atoms with Crippen molar-refractivity contribution in [3.8, 4) is 11.8 Å². The first-order chi connectivity index (χ1) is 42.9. The first kappa shape index (κ1) is 65.7. The first-order valence-corrected chi connectivity index (χ1v) is 31.2. The number of halogens is 2. The lowest BCUT2D eigenvalue weighted by Gasteiger charge is -2.39. The molecule has 2 N–H and O–H groups in total. The van der Waals surface area contributed by atoms with Gasteiger partial charge in [-0.3, -0.25) is 52.5 Å². The van der Waals surface area contributed by atoms with E-state index in [0.29, 0.717) is 66.1 Å². The molecule has 1 unspecified atom stereocenters. The van der Waals surface area contributed by atoms with Gasteiger partial charge in [0.25, 0.3) is 17.7 Å². The number of alkyl halides is 2. The van der Waals surface area contributed by atoms with Crippen LogP contribution in [0.2, 0.25) is 0 Å². The summed E-state index contributed by atoms with van der Waals surface area (Å²) in [5.41, 5.74) is -2.48. The summed E-state index contributed by atoms with van der Waals surface area (Å²) in [7, 11) is -4.12. The number of nitrogens with zero attached hydrogens (tertiary/aromatic N) is 5. The Balaban J connectivity index is 0.874. The fourth-order valence-electron chi connectivity index (χ4n) is 11.3. The topological polar surface area (TPSA) is 289 Å². The molecule has 0 spiro atoms. The van der Waals surface area contributed by atoms with Gasteiger partial charge in [-0.05, 0) is 132 Å². The van der Waals surface area contributed by atoms with Gasteiger partial charge in [-0.2, -0.15) is 8.78 Å². The van der Waals surface area contributed by atoms with Crippen LogP contribution in [-0.4, -0.2) is 155 Å². The van der Waals surface area contributed by atoms with Crippen molar-refractivity contribution in [2.75, 3.05) is 40.3 Å². The standard InChI is InChI=1S/C63H70F2N7O17P/c1-37(2)87-61(80)83-35-85-90(82,86-36-84-62(81)88-38(3)4)63(64,65)44-21-20-40-18-19-42(31-43(40)32-44)55(74)66-49-34-70(60(79)54-47-30-39(5)17-25-52(47)89-68-54)29-27-45-22-23-51(72(45)58(49)77)59(78)69(6)28-12-10-8-7-9-11-14-41-15-13-16-46-48(41)33-71(57(46)76)50-24-26-53(73)67-56(50)75/h13,15-21,25,30-32,37-38,45,49-51H,7-10,12,22-24,26-29,33-36H2,1-6H3,(H,66,74)(H,67,73,75)/t45-,49+,50?,51+/m1/s1. The molecule has 27 heteroatoms. The molecular formula is C63H70F2N7O17P. The first-order valence-electron chi connectivity index (χ1n) is 29.7. The number of likely N-dealkylation sites (N-methyl/N-ethyl adjacent to an activating group) is 1. The van der Waals surface area contributed by atoms with Crippen LogP contribution in [0, 0.1) is 18.8 Å². The minimum absolute atomic E-state index is 0.00196. The predicted molar refractivity (Wildman–Crippen MR) is 317 cm³/mol.